The van der Waals surface area contributed by atoms with Crippen LogP contribution in [-0.2, 0) is 6.42 Å². The Hall–Kier alpha value is -1.50. The number of anilines is 1. The van der Waals surface area contributed by atoms with Crippen LogP contribution in [0.3, 0.4) is 0 Å². The van der Waals surface area contributed by atoms with Crippen molar-refractivity contribution in [2.75, 3.05) is 5.43 Å². The second-order valence-electron chi connectivity index (χ2n) is 4.48. The van der Waals surface area contributed by atoms with E-state index in [0.29, 0.717) is 12.2 Å². The molecular weight excluding hydrogens is 336 g/mol. The van der Waals surface area contributed by atoms with E-state index < -0.39 is 0 Å². The summed E-state index contributed by atoms with van der Waals surface area (Å²) in [4.78, 5) is 11.3. The lowest BCUT2D eigenvalue weighted by Crippen LogP contribution is -2.11. The third kappa shape index (κ3) is 2.54. The lowest BCUT2D eigenvalue weighted by Gasteiger charge is -2.06. The Labute approximate surface area is 129 Å². The molecule has 0 unspecified atom stereocenters. The predicted molar refractivity (Wildman–Crippen MR) is 86.9 cm³/mol. The Morgan fingerprint density at radius 2 is 2.10 bits per heavy atom. The fourth-order valence-electron chi connectivity index (χ4n) is 2.09. The monoisotopic (exact) mass is 348 g/mol. The standard InChI is InChI=1S/C14H13BrN4S/c1-8-6-10-13(19-16)17-12(18-14(10)20-8)7-9-4-2-3-5-11(9)15/h2-6H,7,16H2,1H3,(H,17,18,19). The number of hydrogen-bond acceptors (Lipinski definition) is 5. The van der Waals surface area contributed by atoms with Gasteiger partial charge in [-0.2, -0.15) is 0 Å². The zero-order chi connectivity index (χ0) is 14.1. The number of nitrogens with two attached hydrogens (primary N) is 1. The summed E-state index contributed by atoms with van der Waals surface area (Å²) in [6.07, 6.45) is 0.670. The van der Waals surface area contributed by atoms with Crippen molar-refractivity contribution in [1.29, 1.82) is 0 Å². The highest BCUT2D eigenvalue weighted by Gasteiger charge is 2.11. The third-order valence-corrected chi connectivity index (χ3v) is 4.72. The molecule has 2 heterocycles. The molecule has 3 rings (SSSR count). The number of nitrogens with one attached hydrogen (secondary N) is 1. The van der Waals surface area contributed by atoms with Gasteiger partial charge in [0.25, 0.3) is 0 Å². The van der Waals surface area contributed by atoms with Crippen LogP contribution < -0.4 is 11.3 Å². The smallest absolute Gasteiger partial charge is 0.152 e. The second-order valence-corrected chi connectivity index (χ2v) is 6.57. The van der Waals surface area contributed by atoms with Crippen LogP contribution in [0.5, 0.6) is 0 Å². The Balaban J connectivity index is 2.06. The maximum Gasteiger partial charge on any atom is 0.152 e. The van der Waals surface area contributed by atoms with Crippen LogP contribution in [-0.4, -0.2) is 9.97 Å². The topological polar surface area (TPSA) is 63.8 Å². The van der Waals surface area contributed by atoms with Gasteiger partial charge in [0.15, 0.2) is 5.82 Å². The lowest BCUT2D eigenvalue weighted by atomic mass is 10.1. The van der Waals surface area contributed by atoms with Crippen molar-refractivity contribution in [3.05, 3.63) is 51.1 Å². The number of benzene rings is 1. The molecule has 0 aliphatic rings. The largest absolute Gasteiger partial charge is 0.308 e. The summed E-state index contributed by atoms with van der Waals surface area (Å²) in [7, 11) is 0. The number of aromatic nitrogens is 2. The third-order valence-electron chi connectivity index (χ3n) is 3.01. The molecule has 0 bridgehead atoms. The normalized spacial score (nSPS) is 10.9. The van der Waals surface area contributed by atoms with Crippen molar-refractivity contribution in [2.24, 2.45) is 5.84 Å². The highest BCUT2D eigenvalue weighted by Crippen LogP contribution is 2.29. The number of halogens is 1. The first-order valence-electron chi connectivity index (χ1n) is 6.14. The molecule has 0 aliphatic heterocycles. The van der Waals surface area contributed by atoms with Crippen LogP contribution in [0.2, 0.25) is 0 Å². The first-order valence-corrected chi connectivity index (χ1v) is 7.75. The fraction of sp³-hybridized carbons (Fsp3) is 0.143. The van der Waals surface area contributed by atoms with E-state index in [4.69, 9.17) is 5.84 Å². The highest BCUT2D eigenvalue weighted by atomic mass is 79.9. The van der Waals surface area contributed by atoms with E-state index in [1.807, 2.05) is 18.2 Å². The quantitative estimate of drug-likeness (QED) is 0.560. The molecule has 20 heavy (non-hydrogen) atoms. The Morgan fingerprint density at radius 1 is 1.30 bits per heavy atom. The van der Waals surface area contributed by atoms with Gasteiger partial charge in [-0.25, -0.2) is 15.8 Å². The van der Waals surface area contributed by atoms with E-state index in [-0.39, 0.29) is 0 Å². The Bertz CT molecular complexity index is 769. The molecule has 3 N–H and O–H groups in total. The van der Waals surface area contributed by atoms with Crippen molar-refractivity contribution >= 4 is 43.3 Å². The minimum atomic E-state index is 0.670. The number of rotatable bonds is 3. The Kier molecular flexibility index (Phi) is 3.69. The summed E-state index contributed by atoms with van der Waals surface area (Å²) in [5, 5.41) is 0.978. The number of nitrogens with zero attached hydrogens (tertiary/aromatic N) is 2. The van der Waals surface area contributed by atoms with Crippen LogP contribution in [0.1, 0.15) is 16.3 Å². The van der Waals surface area contributed by atoms with Crippen molar-refractivity contribution in [2.45, 2.75) is 13.3 Å². The molecule has 2 aromatic heterocycles. The van der Waals surface area contributed by atoms with Gasteiger partial charge in [-0.1, -0.05) is 34.1 Å². The molecule has 0 saturated carbocycles. The predicted octanol–water partition coefficient (Wildman–Crippen LogP) is 3.64. The van der Waals surface area contributed by atoms with Gasteiger partial charge < -0.3 is 5.43 Å². The van der Waals surface area contributed by atoms with Crippen molar-refractivity contribution in [3.63, 3.8) is 0 Å². The number of nitrogen functional groups attached to an aromatic ring is 1. The molecule has 0 saturated heterocycles. The minimum absolute atomic E-state index is 0.670. The van der Waals surface area contributed by atoms with E-state index in [2.05, 4.69) is 50.4 Å². The zero-order valence-electron chi connectivity index (χ0n) is 10.9. The molecule has 1 aromatic carbocycles. The minimum Gasteiger partial charge on any atom is -0.308 e. The van der Waals surface area contributed by atoms with Gasteiger partial charge in [0.1, 0.15) is 10.7 Å². The number of thiophene rings is 1. The fourth-order valence-corrected chi connectivity index (χ4v) is 3.41. The molecule has 0 atom stereocenters. The summed E-state index contributed by atoms with van der Waals surface area (Å²) in [6.45, 7) is 2.06. The van der Waals surface area contributed by atoms with Gasteiger partial charge in [-0.3, -0.25) is 0 Å². The number of fused-ring (bicyclic) bond motifs is 1. The maximum absolute atomic E-state index is 5.57. The molecular formula is C14H13BrN4S. The average Bonchev–Trinajstić information content (AvgIpc) is 2.80. The molecule has 4 nitrogen and oxygen atoms in total. The lowest BCUT2D eigenvalue weighted by molar-refractivity contribution is 0.989. The Morgan fingerprint density at radius 3 is 2.85 bits per heavy atom. The van der Waals surface area contributed by atoms with E-state index in [9.17, 15) is 0 Å². The summed E-state index contributed by atoms with van der Waals surface area (Å²) < 4.78 is 1.06. The van der Waals surface area contributed by atoms with Crippen LogP contribution in [0.4, 0.5) is 5.82 Å². The molecule has 0 amide bonds. The molecule has 0 aliphatic carbocycles. The first kappa shape index (κ1) is 13.5. The SMILES string of the molecule is Cc1cc2c(NN)nc(Cc3ccccc3Br)nc2s1. The molecule has 6 heteroatoms. The van der Waals surface area contributed by atoms with Gasteiger partial charge >= 0.3 is 0 Å². The number of hydrazine groups is 1. The molecule has 3 aromatic rings. The number of hydrogen-bond donors (Lipinski definition) is 2. The second kappa shape index (κ2) is 5.47. The van der Waals surface area contributed by atoms with Crippen molar-refractivity contribution < 1.29 is 0 Å². The zero-order valence-corrected chi connectivity index (χ0v) is 13.3. The molecule has 0 radical (unpaired) electrons. The van der Waals surface area contributed by atoms with E-state index in [1.165, 1.54) is 4.88 Å². The van der Waals surface area contributed by atoms with Gasteiger partial charge in [-0.15, -0.1) is 11.3 Å². The summed E-state index contributed by atoms with van der Waals surface area (Å²) in [6, 6.07) is 10.1. The maximum atomic E-state index is 5.57. The van der Waals surface area contributed by atoms with Crippen LogP contribution >= 0.6 is 27.3 Å². The van der Waals surface area contributed by atoms with Gasteiger partial charge in [0.05, 0.1) is 5.39 Å². The first-order chi connectivity index (χ1) is 9.67. The van der Waals surface area contributed by atoms with Crippen LogP contribution in [0.25, 0.3) is 10.2 Å². The molecule has 102 valence electrons. The van der Waals surface area contributed by atoms with Crippen LogP contribution in [0.15, 0.2) is 34.8 Å². The molecule has 0 spiro atoms. The van der Waals surface area contributed by atoms with E-state index >= 15 is 0 Å². The van der Waals surface area contributed by atoms with E-state index in [0.717, 1.165) is 26.1 Å². The highest BCUT2D eigenvalue weighted by molar-refractivity contribution is 9.10. The van der Waals surface area contributed by atoms with Crippen molar-refractivity contribution in [3.8, 4) is 0 Å². The summed E-state index contributed by atoms with van der Waals surface area (Å²) >= 11 is 5.20. The van der Waals surface area contributed by atoms with Crippen LogP contribution in [0, 0.1) is 6.92 Å². The van der Waals surface area contributed by atoms with Gasteiger partial charge in [-0.05, 0) is 24.6 Å². The number of aryl methyl sites for hydroxylation is 1. The molecule has 0 fully saturated rings. The van der Waals surface area contributed by atoms with Crippen molar-refractivity contribution in [1.82, 2.24) is 9.97 Å². The summed E-state index contributed by atoms with van der Waals surface area (Å²) in [5.74, 6) is 7.02. The average molecular weight is 349 g/mol. The van der Waals surface area contributed by atoms with Gasteiger partial charge in [0, 0.05) is 15.8 Å². The summed E-state index contributed by atoms with van der Waals surface area (Å²) in [5.41, 5.74) is 3.82. The van der Waals surface area contributed by atoms with E-state index in [1.54, 1.807) is 11.3 Å². The van der Waals surface area contributed by atoms with Gasteiger partial charge in [0.2, 0.25) is 0 Å².